The number of nitrogens with one attached hydrogen (secondary N) is 1. The van der Waals surface area contributed by atoms with Crippen molar-refractivity contribution >= 4 is 5.91 Å². The number of aliphatic hydroxyl groups is 2. The number of hydrogen-bond acceptors (Lipinski definition) is 5. The van der Waals surface area contributed by atoms with E-state index in [1.807, 2.05) is 26.8 Å². The van der Waals surface area contributed by atoms with Gasteiger partial charge in [0.25, 0.3) is 0 Å². The Morgan fingerprint density at radius 2 is 2.00 bits per heavy atom. The summed E-state index contributed by atoms with van der Waals surface area (Å²) in [5, 5.41) is 23.4. The topological polar surface area (TPSA) is 88.0 Å². The quantitative estimate of drug-likeness (QED) is 0.305. The van der Waals surface area contributed by atoms with Gasteiger partial charge in [0.2, 0.25) is 12.2 Å². The lowest BCUT2D eigenvalue weighted by atomic mass is 9.82. The van der Waals surface area contributed by atoms with Crippen LogP contribution in [0.1, 0.15) is 117 Å². The molecule has 1 amide bonds. The molecule has 0 unspecified atom stereocenters. The maximum absolute atomic E-state index is 13.9. The molecule has 0 radical (unpaired) electrons. The van der Waals surface area contributed by atoms with Crippen LogP contribution in [0.15, 0.2) is 42.5 Å². The highest BCUT2D eigenvalue weighted by Crippen LogP contribution is 2.36. The molecule has 4 atom stereocenters. The molecule has 31 heavy (non-hydrogen) atoms. The second-order valence-electron chi connectivity index (χ2n) is 8.48. The third kappa shape index (κ3) is 5.23. The Kier molecular flexibility index (Phi) is 1.90. The highest BCUT2D eigenvalue weighted by atomic mass is 19.1. The maximum atomic E-state index is 13.9. The van der Waals surface area contributed by atoms with Gasteiger partial charge < -0.3 is 25.0 Å². The number of carbonyl (C=O) groups is 1. The van der Waals surface area contributed by atoms with E-state index in [9.17, 15) is 19.4 Å². The molecule has 1 aliphatic rings. The first-order valence-corrected chi connectivity index (χ1v) is 10.4. The molecule has 1 fully saturated rings. The lowest BCUT2D eigenvalue weighted by Crippen LogP contribution is -2.59. The van der Waals surface area contributed by atoms with E-state index < -0.39 is 24.1 Å². The first-order valence-electron chi connectivity index (χ1n) is 38.4. The summed E-state index contributed by atoms with van der Waals surface area (Å²) in [7, 11) is 1.58. The molecule has 1 aliphatic heterocycles. The molecule has 3 N–H and O–H groups in total. The number of halogens is 1. The number of benzene rings is 2. The smallest absolute Gasteiger partial charge is 0.229 e. The molecular formula is C24H88FNO5. The van der Waals surface area contributed by atoms with E-state index in [2.05, 4.69) is 5.32 Å². The monoisotopic (exact) mass is 604 g/mol. The van der Waals surface area contributed by atoms with Crippen molar-refractivity contribution in [2.45, 2.75) is 57.7 Å². The van der Waals surface area contributed by atoms with Crippen LogP contribution in [-0.4, -0.2) is 47.3 Å². The van der Waals surface area contributed by atoms with Gasteiger partial charge in [-0.05, 0) is 61.2 Å². The lowest BCUT2D eigenvalue weighted by Gasteiger charge is -2.46. The van der Waals surface area contributed by atoms with Crippen molar-refractivity contribution in [3.8, 4) is 16.9 Å². The normalized spacial score (nSPS) is 32.4. The fourth-order valence-corrected chi connectivity index (χ4v) is 3.72. The summed E-state index contributed by atoms with van der Waals surface area (Å²) in [5.74, 6) is -0.331. The van der Waals surface area contributed by atoms with Crippen molar-refractivity contribution in [2.75, 3.05) is 7.05 Å². The van der Waals surface area contributed by atoms with Gasteiger partial charge in [0.05, 0.1) is 11.7 Å². The Hall–Kier alpha value is -2.48. The summed E-state index contributed by atoms with van der Waals surface area (Å²) in [6.07, 6.45) is -2.51. The van der Waals surface area contributed by atoms with Crippen molar-refractivity contribution in [1.82, 2.24) is 5.32 Å². The highest BCUT2D eigenvalue weighted by Gasteiger charge is 2.47. The van der Waals surface area contributed by atoms with Crippen LogP contribution in [0.2, 0.25) is 0 Å². The molecular weight excluding hydrogens is 401 g/mol. The lowest BCUT2D eigenvalue weighted by molar-refractivity contribution is -0.284. The zero-order valence-corrected chi connectivity index (χ0v) is 18.3. The Labute approximate surface area is 269 Å². The third-order valence-corrected chi connectivity index (χ3v) is 6.03. The van der Waals surface area contributed by atoms with E-state index in [-0.39, 0.29) is 19.1 Å². The predicted molar refractivity (Wildman–Crippen MR) is 176 cm³/mol. The zero-order chi connectivity index (χ0) is 78.8. The van der Waals surface area contributed by atoms with Crippen LogP contribution in [0.3, 0.4) is 0 Å². The van der Waals surface area contributed by atoms with E-state index in [1.165, 1.54) is 12.1 Å². The second-order valence-corrected chi connectivity index (χ2v) is 8.48. The summed E-state index contributed by atoms with van der Waals surface area (Å²) in [6.45, 7) is 5.49. The van der Waals surface area contributed by atoms with Crippen LogP contribution in [0, 0.1) is 11.7 Å². The average Bonchev–Trinajstić information content (AvgIpc) is 3.68. The van der Waals surface area contributed by atoms with Gasteiger partial charge in [-0.2, -0.15) is 0 Å². The van der Waals surface area contributed by atoms with Gasteiger partial charge >= 0.3 is 0 Å². The Morgan fingerprint density at radius 3 is 2.68 bits per heavy atom. The largest absolute Gasteiger partial charge is 0.462 e. The molecule has 6 nitrogen and oxygen atoms in total. The fourth-order valence-electron chi connectivity index (χ4n) is 3.72. The summed E-state index contributed by atoms with van der Waals surface area (Å²) in [5.41, 5.74) is 1.54. The van der Waals surface area contributed by atoms with Crippen molar-refractivity contribution in [1.29, 1.82) is 0 Å². The van der Waals surface area contributed by atoms with Gasteiger partial charge in [-0.3, -0.25) is 4.79 Å². The molecule has 0 bridgehead atoms. The Morgan fingerprint density at radius 1 is 1.26 bits per heavy atom. The van der Waals surface area contributed by atoms with Gasteiger partial charge in [0, 0.05) is 104 Å². The first-order chi connectivity index (χ1) is 42.6. The number of amides is 1. The van der Waals surface area contributed by atoms with Crippen molar-refractivity contribution in [3.05, 3.63) is 53.8 Å². The number of ether oxygens (including phenoxy) is 2. The molecule has 0 saturated carbocycles. The minimum absolute atomic E-state index is 0. The van der Waals surface area contributed by atoms with Gasteiger partial charge in [-0.1, -0.05) is 25.1 Å². The Bertz CT molecular complexity index is 1010. The molecule has 0 aliphatic carbocycles. The number of aliphatic hydroxyl groups excluding tert-OH is 2. The number of aryl methyl sites for hydroxylation is 1. The van der Waals surface area contributed by atoms with Gasteiger partial charge in [0.1, 0.15) is 17.7 Å². The van der Waals surface area contributed by atoms with Crippen molar-refractivity contribution < 1.29 is 113 Å². The minimum Gasteiger partial charge on any atom is -0.462 e. The molecule has 0 aromatic heterocycles. The predicted octanol–water partition coefficient (Wildman–Crippen LogP) is 10.2. The molecule has 0 spiro atoms. The molecule has 3 rings (SSSR count). The maximum Gasteiger partial charge on any atom is 0.229 e. The summed E-state index contributed by atoms with van der Waals surface area (Å²) in [4.78, 5) is 11.7. The van der Waals surface area contributed by atoms with Gasteiger partial charge in [-0.15, -0.1) is 0 Å². The van der Waals surface area contributed by atoms with Crippen LogP contribution >= 0.6 is 0 Å². The van der Waals surface area contributed by atoms with Crippen LogP contribution < -0.4 is 10.1 Å². The van der Waals surface area contributed by atoms with Crippen LogP contribution in [0.25, 0.3) is 11.1 Å². The molecule has 2 aromatic carbocycles. The van der Waals surface area contributed by atoms with Crippen LogP contribution in [-0.2, 0) is 16.0 Å². The van der Waals surface area contributed by atoms with Crippen LogP contribution in [0.5, 0.6) is 5.75 Å². The number of carbonyl (C=O) groups excluding carboxylic acids is 1. The van der Waals surface area contributed by atoms with Crippen molar-refractivity contribution in [3.63, 3.8) is 0 Å². The number of hydrogen-bond donors (Lipinski definition) is 3. The third-order valence-electron chi connectivity index (χ3n) is 6.03. The second kappa shape index (κ2) is 9.34. The average molecular weight is 604 g/mol. The molecule has 7 heteroatoms. The Balaban J connectivity index is -0.0000000221. The summed E-state index contributed by atoms with van der Waals surface area (Å²) >= 11 is 0. The van der Waals surface area contributed by atoms with Gasteiger partial charge in [-0.25, -0.2) is 4.39 Å². The number of rotatable bonds is 6. The summed E-state index contributed by atoms with van der Waals surface area (Å²) < 4.78 is 306. The van der Waals surface area contributed by atoms with E-state index in [0.717, 1.165) is 11.1 Å². The molecule has 2 aromatic rings. The highest BCUT2D eigenvalue weighted by molar-refractivity contribution is 5.77. The molecule has 226 valence electrons. The minimum atomic E-state index is -1.21. The first kappa shape index (κ1) is 6.31. The van der Waals surface area contributed by atoms with E-state index >= 15 is 0 Å². The van der Waals surface area contributed by atoms with Crippen LogP contribution in [0.4, 0.5) is 4.39 Å². The van der Waals surface area contributed by atoms with Gasteiger partial charge in [0.15, 0.2) is 0 Å². The summed E-state index contributed by atoms with van der Waals surface area (Å²) in [6, 6.07) is 11.5. The fraction of sp³-hybridized carbons (Fsp3) is 0.458. The van der Waals surface area contributed by atoms with E-state index in [1.54, 1.807) is 31.3 Å². The zero-order valence-electron chi connectivity index (χ0n) is 74.3. The van der Waals surface area contributed by atoms with Crippen molar-refractivity contribution in [2.24, 2.45) is 5.92 Å². The molecule has 1 heterocycles. The molecule has 1 saturated heterocycles. The standard InChI is InChI=1S/C24H30FNO5.29H2/c1-14-21(28)22(29)23(31-24(14,2)3)30-18-10-8-15(9-11-20(27)26-4)19(13-18)16-6-5-7-17(25)12-16;;;;;;;;;;;;;;;;;;;;;;;;;;;;;/h5-8,10,12-14,21-23,28-29H,9,11H2,1-4H3,(H,26,27);29*1H/t14-,21-,22-,23-;;;;;;;;;;;;;;;;;;;;;;;;;;;;;/m1............................./s1/i;28*1+2T;1+2. The SMILES string of the molecule is CNC(=O)CCc1ccc(O[C@@H]2OC(C)(C)[C@H](C)[C@@H](O)[C@H]2O)cc1-c1cccc(F)c1.[3HH].[3H][3H].[3H][3H].[3H][3H].[3H][3H].[3H][3H].[3H][3H].[3H][3H].[3H][3H].[3H][3H].[3H][3H].[3H][3H].[3H][3H].[3H][3H].[3H][3H].[3H][3H].[3H][3H].[3H][3H].[3H][3H].[3H][3H].[3H][3H].[3H][3H].[3H][3H].[3H][3H].[3H][3H].[3H][3H].[3H][3H].[3H][3H].[3H][3H]. The van der Waals surface area contributed by atoms with E-state index in [0.29, 0.717) is 24.2 Å². The van der Waals surface area contributed by atoms with E-state index in [4.69, 9.17) is 92.6 Å².